The molecule has 0 amide bonds. The fourth-order valence-corrected chi connectivity index (χ4v) is 2.55. The van der Waals surface area contributed by atoms with E-state index in [4.69, 9.17) is 4.43 Å². The first-order valence-electron chi connectivity index (χ1n) is 5.35. The zero-order valence-electron chi connectivity index (χ0n) is 9.42. The van der Waals surface area contributed by atoms with Crippen LogP contribution in [0.1, 0.15) is 32.3 Å². The first-order chi connectivity index (χ1) is 6.76. The van der Waals surface area contributed by atoms with Crippen molar-refractivity contribution >= 4 is 10.5 Å². The predicted octanol–water partition coefficient (Wildman–Crippen LogP) is 2.08. The van der Waals surface area contributed by atoms with Crippen LogP contribution in [0, 0.1) is 0 Å². The molecule has 2 heteroatoms. The molecular formula is C12H20OSi. The van der Waals surface area contributed by atoms with Gasteiger partial charge in [-0.3, -0.25) is 0 Å². The second-order valence-corrected chi connectivity index (χ2v) is 4.16. The minimum Gasteiger partial charge on any atom is -0.422 e. The van der Waals surface area contributed by atoms with Crippen molar-refractivity contribution in [2.75, 3.05) is 0 Å². The van der Waals surface area contributed by atoms with Gasteiger partial charge in [0.1, 0.15) is 10.5 Å². The molecule has 0 spiro atoms. The fourth-order valence-electron chi connectivity index (χ4n) is 1.83. The summed E-state index contributed by atoms with van der Waals surface area (Å²) in [5.41, 5.74) is 1.47. The van der Waals surface area contributed by atoms with Crippen molar-refractivity contribution < 1.29 is 4.43 Å². The van der Waals surface area contributed by atoms with E-state index < -0.39 is 0 Å². The Morgan fingerprint density at radius 3 is 2.14 bits per heavy atom. The van der Waals surface area contributed by atoms with E-state index in [1.54, 1.807) is 0 Å². The van der Waals surface area contributed by atoms with Gasteiger partial charge >= 0.3 is 0 Å². The summed E-state index contributed by atoms with van der Waals surface area (Å²) < 4.78 is 5.78. The van der Waals surface area contributed by atoms with Crippen LogP contribution >= 0.6 is 0 Å². The minimum atomic E-state index is 0.0908. The number of rotatable bonds is 5. The molecule has 0 unspecified atom stereocenters. The van der Waals surface area contributed by atoms with Gasteiger partial charge in [0.05, 0.1) is 5.60 Å². The molecule has 0 atom stereocenters. The quantitative estimate of drug-likeness (QED) is 0.673. The molecule has 0 aromatic heterocycles. The van der Waals surface area contributed by atoms with Gasteiger partial charge < -0.3 is 4.43 Å². The first kappa shape index (κ1) is 11.5. The Hall–Kier alpha value is -0.603. The predicted molar refractivity (Wildman–Crippen MR) is 64.5 cm³/mol. The standard InChI is InChI=1S/C12H20OSi/c1-3-12(4-2,13-14)10-11-8-6-5-7-9-11/h5-9H,3-4,10H2,1-2,14H3. The van der Waals surface area contributed by atoms with Crippen LogP contribution in [0.5, 0.6) is 0 Å². The van der Waals surface area contributed by atoms with E-state index >= 15 is 0 Å². The Morgan fingerprint density at radius 2 is 1.71 bits per heavy atom. The second kappa shape index (κ2) is 5.32. The van der Waals surface area contributed by atoms with Gasteiger partial charge in [0, 0.05) is 6.42 Å². The van der Waals surface area contributed by atoms with Crippen molar-refractivity contribution in [3.8, 4) is 0 Å². The monoisotopic (exact) mass is 208 g/mol. The summed E-state index contributed by atoms with van der Waals surface area (Å²) in [7, 11) is 0.826. The van der Waals surface area contributed by atoms with Crippen molar-refractivity contribution in [3.63, 3.8) is 0 Å². The topological polar surface area (TPSA) is 9.23 Å². The molecule has 0 aliphatic heterocycles. The third kappa shape index (κ3) is 2.69. The van der Waals surface area contributed by atoms with E-state index in [1.807, 2.05) is 0 Å². The molecule has 0 fully saturated rings. The van der Waals surface area contributed by atoms with E-state index in [9.17, 15) is 0 Å². The third-order valence-electron chi connectivity index (χ3n) is 3.09. The molecular weight excluding hydrogens is 188 g/mol. The zero-order chi connectivity index (χ0) is 10.4. The third-order valence-corrected chi connectivity index (χ3v) is 3.96. The zero-order valence-corrected chi connectivity index (χ0v) is 11.4. The molecule has 0 N–H and O–H groups in total. The number of benzene rings is 1. The number of hydrogen-bond acceptors (Lipinski definition) is 1. The average molecular weight is 208 g/mol. The molecule has 0 saturated carbocycles. The smallest absolute Gasteiger partial charge is 0.146 e. The van der Waals surface area contributed by atoms with Crippen LogP contribution in [0.4, 0.5) is 0 Å². The Bertz CT molecular complexity index is 246. The average Bonchev–Trinajstić information content (AvgIpc) is 2.28. The maximum absolute atomic E-state index is 5.78. The minimum absolute atomic E-state index is 0.0908. The van der Waals surface area contributed by atoms with Crippen molar-refractivity contribution in [1.29, 1.82) is 0 Å². The molecule has 1 nitrogen and oxygen atoms in total. The summed E-state index contributed by atoms with van der Waals surface area (Å²) in [6.07, 6.45) is 3.24. The highest BCUT2D eigenvalue weighted by Crippen LogP contribution is 2.24. The molecule has 0 aliphatic carbocycles. The highest BCUT2D eigenvalue weighted by molar-refractivity contribution is 5.98. The largest absolute Gasteiger partial charge is 0.422 e. The maximum atomic E-state index is 5.78. The highest BCUT2D eigenvalue weighted by atomic mass is 28.2. The van der Waals surface area contributed by atoms with Gasteiger partial charge in [0.25, 0.3) is 0 Å². The van der Waals surface area contributed by atoms with Gasteiger partial charge in [-0.05, 0) is 18.4 Å². The Labute approximate surface area is 90.0 Å². The summed E-state index contributed by atoms with van der Waals surface area (Å²) in [5.74, 6) is 0. The summed E-state index contributed by atoms with van der Waals surface area (Å²) in [6, 6.07) is 10.6. The first-order valence-corrected chi connectivity index (χ1v) is 6.17. The van der Waals surface area contributed by atoms with E-state index in [2.05, 4.69) is 44.2 Å². The van der Waals surface area contributed by atoms with Crippen molar-refractivity contribution in [2.24, 2.45) is 0 Å². The van der Waals surface area contributed by atoms with Crippen LogP contribution in [0.25, 0.3) is 0 Å². The van der Waals surface area contributed by atoms with Crippen LogP contribution in [0.3, 0.4) is 0 Å². The van der Waals surface area contributed by atoms with Gasteiger partial charge in [-0.15, -0.1) is 0 Å². The van der Waals surface area contributed by atoms with Crippen LogP contribution < -0.4 is 0 Å². The van der Waals surface area contributed by atoms with Crippen LogP contribution in [-0.2, 0) is 10.8 Å². The van der Waals surface area contributed by atoms with Crippen molar-refractivity contribution in [3.05, 3.63) is 35.9 Å². The Balaban J connectivity index is 2.74. The van der Waals surface area contributed by atoms with E-state index in [-0.39, 0.29) is 5.60 Å². The van der Waals surface area contributed by atoms with Gasteiger partial charge in [0.15, 0.2) is 0 Å². The highest BCUT2D eigenvalue weighted by Gasteiger charge is 2.24. The van der Waals surface area contributed by atoms with E-state index in [1.165, 1.54) is 5.56 Å². The van der Waals surface area contributed by atoms with E-state index in [0.717, 1.165) is 29.7 Å². The maximum Gasteiger partial charge on any atom is 0.146 e. The summed E-state index contributed by atoms with van der Waals surface area (Å²) in [6.45, 7) is 4.43. The molecule has 14 heavy (non-hydrogen) atoms. The molecule has 0 radical (unpaired) electrons. The molecule has 1 aromatic carbocycles. The molecule has 0 bridgehead atoms. The molecule has 78 valence electrons. The van der Waals surface area contributed by atoms with Crippen LogP contribution in [0.2, 0.25) is 0 Å². The lowest BCUT2D eigenvalue weighted by Gasteiger charge is -2.31. The van der Waals surface area contributed by atoms with Crippen molar-refractivity contribution in [1.82, 2.24) is 0 Å². The van der Waals surface area contributed by atoms with E-state index in [0.29, 0.717) is 0 Å². The second-order valence-electron chi connectivity index (χ2n) is 3.76. The molecule has 0 aliphatic rings. The lowest BCUT2D eigenvalue weighted by atomic mass is 9.90. The Kier molecular flexibility index (Phi) is 4.36. The summed E-state index contributed by atoms with van der Waals surface area (Å²) in [4.78, 5) is 0. The fraction of sp³-hybridized carbons (Fsp3) is 0.500. The van der Waals surface area contributed by atoms with Crippen LogP contribution in [0.15, 0.2) is 30.3 Å². The van der Waals surface area contributed by atoms with Crippen LogP contribution in [-0.4, -0.2) is 16.1 Å². The number of hydrogen-bond donors (Lipinski definition) is 0. The SMILES string of the molecule is CCC(CC)(Cc1ccccc1)O[SiH3]. The molecule has 0 saturated heterocycles. The van der Waals surface area contributed by atoms with Gasteiger partial charge in [-0.2, -0.15) is 0 Å². The van der Waals surface area contributed by atoms with Gasteiger partial charge in [-0.1, -0.05) is 44.2 Å². The lowest BCUT2D eigenvalue weighted by Crippen LogP contribution is -2.32. The molecule has 1 rings (SSSR count). The Morgan fingerprint density at radius 1 is 1.14 bits per heavy atom. The van der Waals surface area contributed by atoms with Gasteiger partial charge in [0.2, 0.25) is 0 Å². The molecule has 0 heterocycles. The normalized spacial score (nSPS) is 11.9. The lowest BCUT2D eigenvalue weighted by molar-refractivity contribution is 0.0713. The summed E-state index contributed by atoms with van der Waals surface area (Å²) >= 11 is 0. The van der Waals surface area contributed by atoms with Gasteiger partial charge in [-0.25, -0.2) is 0 Å². The molecule has 1 aromatic rings. The van der Waals surface area contributed by atoms with Crippen molar-refractivity contribution in [2.45, 2.75) is 38.7 Å². The summed E-state index contributed by atoms with van der Waals surface area (Å²) in [5, 5.41) is 0.